The third kappa shape index (κ3) is 4.26. The van der Waals surface area contributed by atoms with Crippen molar-refractivity contribution in [3.8, 4) is 0 Å². The van der Waals surface area contributed by atoms with E-state index >= 15 is 0 Å². The second-order valence-corrected chi connectivity index (χ2v) is 6.59. The third-order valence-electron chi connectivity index (χ3n) is 4.61. The van der Waals surface area contributed by atoms with Crippen LogP contribution in [0, 0.1) is 0 Å². The lowest BCUT2D eigenvalue weighted by Gasteiger charge is -2.36. The molecule has 0 unspecified atom stereocenters. The maximum absolute atomic E-state index is 12.5. The zero-order chi connectivity index (χ0) is 16.9. The second kappa shape index (κ2) is 7.96. The van der Waals surface area contributed by atoms with Gasteiger partial charge >= 0.3 is 0 Å². The summed E-state index contributed by atoms with van der Waals surface area (Å²) in [6.07, 6.45) is 0.176. The van der Waals surface area contributed by atoms with Crippen LogP contribution in [-0.4, -0.2) is 69.0 Å². The molecule has 0 saturated carbocycles. The molecular formula is C18H27N3O3. The average molecular weight is 333 g/mol. The minimum Gasteiger partial charge on any atom is -0.378 e. The molecule has 0 aromatic heterocycles. The van der Waals surface area contributed by atoms with Gasteiger partial charge in [-0.25, -0.2) is 0 Å². The number of morpholine rings is 2. The van der Waals surface area contributed by atoms with Crippen molar-refractivity contribution in [2.45, 2.75) is 26.0 Å². The van der Waals surface area contributed by atoms with E-state index in [0.717, 1.165) is 44.2 Å². The number of carbonyl (C=O) groups excluding carboxylic acids is 1. The second-order valence-electron chi connectivity index (χ2n) is 6.59. The first kappa shape index (κ1) is 17.2. The Morgan fingerprint density at radius 2 is 2.00 bits per heavy atom. The Kier molecular flexibility index (Phi) is 5.71. The summed E-state index contributed by atoms with van der Waals surface area (Å²) in [5, 5.41) is 3.09. The highest BCUT2D eigenvalue weighted by Gasteiger charge is 2.25. The van der Waals surface area contributed by atoms with Gasteiger partial charge in [0.1, 0.15) is 0 Å². The fourth-order valence-electron chi connectivity index (χ4n) is 3.23. The number of hydrogen-bond donors (Lipinski definition) is 1. The molecule has 2 heterocycles. The monoisotopic (exact) mass is 333 g/mol. The molecule has 2 fully saturated rings. The van der Waals surface area contributed by atoms with Crippen LogP contribution in [-0.2, 0) is 14.3 Å². The predicted molar refractivity (Wildman–Crippen MR) is 94.6 cm³/mol. The molecule has 3 rings (SSSR count). The Bertz CT molecular complexity index is 560. The molecule has 1 N–H and O–H groups in total. The highest BCUT2D eigenvalue weighted by Crippen LogP contribution is 2.26. The topological polar surface area (TPSA) is 54.0 Å². The number of nitrogens with one attached hydrogen (secondary N) is 1. The molecule has 1 amide bonds. The maximum Gasteiger partial charge on any atom is 0.238 e. The van der Waals surface area contributed by atoms with Crippen LogP contribution in [0.25, 0.3) is 0 Å². The summed E-state index contributed by atoms with van der Waals surface area (Å²) in [5.74, 6) is 0.0247. The summed E-state index contributed by atoms with van der Waals surface area (Å²) in [6, 6.07) is 8.25. The van der Waals surface area contributed by atoms with Crippen LogP contribution in [0.2, 0.25) is 0 Å². The third-order valence-corrected chi connectivity index (χ3v) is 4.61. The van der Waals surface area contributed by atoms with Crippen LogP contribution in [0.1, 0.15) is 13.8 Å². The Labute approximate surface area is 143 Å². The molecule has 1 aromatic rings. The minimum atomic E-state index is 0.0247. The molecule has 6 heteroatoms. The number of benzene rings is 1. The molecule has 0 bridgehead atoms. The van der Waals surface area contributed by atoms with Gasteiger partial charge in [-0.05, 0) is 26.0 Å². The standard InChI is InChI=1S/C18H27N3O3/c1-14-13-24-15(2)11-21(14)12-18(22)19-16-5-3-4-6-17(16)20-7-9-23-10-8-20/h3-6,14-15H,7-13H2,1-2H3,(H,19,22)/t14-,15+/m0/s1. The number of rotatable bonds is 4. The van der Waals surface area contributed by atoms with E-state index in [9.17, 15) is 4.79 Å². The molecule has 1 aromatic carbocycles. The lowest BCUT2D eigenvalue weighted by molar-refractivity contribution is -0.121. The molecule has 2 atom stereocenters. The zero-order valence-corrected chi connectivity index (χ0v) is 14.5. The number of para-hydroxylation sites is 2. The van der Waals surface area contributed by atoms with Crippen molar-refractivity contribution >= 4 is 17.3 Å². The summed E-state index contributed by atoms with van der Waals surface area (Å²) in [7, 11) is 0. The molecule has 0 spiro atoms. The number of carbonyl (C=O) groups is 1. The van der Waals surface area contributed by atoms with Crippen molar-refractivity contribution in [2.75, 3.05) is 56.2 Å². The summed E-state index contributed by atoms with van der Waals surface area (Å²) in [4.78, 5) is 17.0. The Balaban J connectivity index is 1.64. The summed E-state index contributed by atoms with van der Waals surface area (Å²) < 4.78 is 11.0. The van der Waals surface area contributed by atoms with Gasteiger partial charge in [0.2, 0.25) is 5.91 Å². The van der Waals surface area contributed by atoms with E-state index in [1.54, 1.807) is 0 Å². The van der Waals surface area contributed by atoms with Crippen molar-refractivity contribution < 1.29 is 14.3 Å². The summed E-state index contributed by atoms with van der Waals surface area (Å²) >= 11 is 0. The van der Waals surface area contributed by atoms with Crippen LogP contribution in [0.15, 0.2) is 24.3 Å². The lowest BCUT2D eigenvalue weighted by Crippen LogP contribution is -2.50. The SMILES string of the molecule is C[C@@H]1CN(CC(=O)Nc2ccccc2N2CCOCC2)[C@@H](C)CO1. The molecule has 0 aliphatic carbocycles. The highest BCUT2D eigenvalue weighted by molar-refractivity contribution is 5.95. The van der Waals surface area contributed by atoms with Crippen molar-refractivity contribution in [3.05, 3.63) is 24.3 Å². The molecule has 2 saturated heterocycles. The molecule has 2 aliphatic rings. The fraction of sp³-hybridized carbons (Fsp3) is 0.611. The highest BCUT2D eigenvalue weighted by atomic mass is 16.5. The van der Waals surface area contributed by atoms with Crippen LogP contribution in [0.4, 0.5) is 11.4 Å². The van der Waals surface area contributed by atoms with E-state index in [1.165, 1.54) is 0 Å². The number of anilines is 2. The summed E-state index contributed by atoms with van der Waals surface area (Å²) in [5.41, 5.74) is 1.94. The molecule has 2 aliphatic heterocycles. The zero-order valence-electron chi connectivity index (χ0n) is 14.5. The van der Waals surface area contributed by atoms with Gasteiger partial charge in [-0.1, -0.05) is 12.1 Å². The summed E-state index contributed by atoms with van der Waals surface area (Å²) in [6.45, 7) is 9.17. The normalized spacial score (nSPS) is 25.5. The predicted octanol–water partition coefficient (Wildman–Crippen LogP) is 1.57. The number of hydrogen-bond acceptors (Lipinski definition) is 5. The van der Waals surface area contributed by atoms with Crippen LogP contribution < -0.4 is 10.2 Å². The Morgan fingerprint density at radius 1 is 1.25 bits per heavy atom. The molecule has 132 valence electrons. The number of amides is 1. The van der Waals surface area contributed by atoms with Gasteiger partial charge in [-0.3, -0.25) is 9.69 Å². The van der Waals surface area contributed by atoms with Gasteiger partial charge in [0.05, 0.1) is 43.8 Å². The van der Waals surface area contributed by atoms with E-state index in [-0.39, 0.29) is 18.1 Å². The van der Waals surface area contributed by atoms with Gasteiger partial charge in [-0.2, -0.15) is 0 Å². The van der Waals surface area contributed by atoms with Gasteiger partial charge < -0.3 is 19.7 Å². The molecular weight excluding hydrogens is 306 g/mol. The first-order valence-corrected chi connectivity index (χ1v) is 8.70. The fourth-order valence-corrected chi connectivity index (χ4v) is 3.23. The van der Waals surface area contributed by atoms with Gasteiger partial charge in [0.15, 0.2) is 0 Å². The van der Waals surface area contributed by atoms with Crippen LogP contribution in [0.3, 0.4) is 0 Å². The van der Waals surface area contributed by atoms with Crippen molar-refractivity contribution in [1.29, 1.82) is 0 Å². The maximum atomic E-state index is 12.5. The minimum absolute atomic E-state index is 0.0247. The van der Waals surface area contributed by atoms with Crippen molar-refractivity contribution in [1.82, 2.24) is 4.90 Å². The largest absolute Gasteiger partial charge is 0.378 e. The van der Waals surface area contributed by atoms with Gasteiger partial charge in [0, 0.05) is 25.7 Å². The molecule has 0 radical (unpaired) electrons. The average Bonchev–Trinajstić information content (AvgIpc) is 2.59. The van der Waals surface area contributed by atoms with E-state index < -0.39 is 0 Å². The van der Waals surface area contributed by atoms with Crippen molar-refractivity contribution in [3.63, 3.8) is 0 Å². The quantitative estimate of drug-likeness (QED) is 0.906. The van der Waals surface area contributed by atoms with Gasteiger partial charge in [0.25, 0.3) is 0 Å². The van der Waals surface area contributed by atoms with E-state index in [2.05, 4.69) is 28.1 Å². The number of nitrogens with zero attached hydrogens (tertiary/aromatic N) is 2. The van der Waals surface area contributed by atoms with E-state index in [0.29, 0.717) is 13.2 Å². The Morgan fingerprint density at radius 3 is 2.79 bits per heavy atom. The van der Waals surface area contributed by atoms with Crippen LogP contribution in [0.5, 0.6) is 0 Å². The van der Waals surface area contributed by atoms with Crippen LogP contribution >= 0.6 is 0 Å². The van der Waals surface area contributed by atoms with E-state index in [1.807, 2.05) is 25.1 Å². The molecule has 24 heavy (non-hydrogen) atoms. The van der Waals surface area contributed by atoms with Crippen molar-refractivity contribution in [2.24, 2.45) is 0 Å². The van der Waals surface area contributed by atoms with Gasteiger partial charge in [-0.15, -0.1) is 0 Å². The number of ether oxygens (including phenoxy) is 2. The first-order valence-electron chi connectivity index (χ1n) is 8.70. The lowest BCUT2D eigenvalue weighted by atomic mass is 10.2. The molecule has 6 nitrogen and oxygen atoms in total. The Hall–Kier alpha value is -1.63. The smallest absolute Gasteiger partial charge is 0.238 e. The van der Waals surface area contributed by atoms with E-state index in [4.69, 9.17) is 9.47 Å². The first-order chi connectivity index (χ1) is 11.6.